The monoisotopic (exact) mass is 330 g/mol. The summed E-state index contributed by atoms with van der Waals surface area (Å²) in [6.45, 7) is 11.1. The fourth-order valence-corrected chi connectivity index (χ4v) is 2.89. The van der Waals surface area contributed by atoms with Gasteiger partial charge in [-0.2, -0.15) is 0 Å². The first-order chi connectivity index (χ1) is 10.6. The predicted octanol–water partition coefficient (Wildman–Crippen LogP) is 4.14. The van der Waals surface area contributed by atoms with Gasteiger partial charge in [0.2, 0.25) is 0 Å². The SMILES string of the molecule is CC(C)C(=O)OOOOC(=O)C(C)(C)C(C)(C)C1CCCCC1. The summed E-state index contributed by atoms with van der Waals surface area (Å²) in [5.41, 5.74) is -1.01. The summed E-state index contributed by atoms with van der Waals surface area (Å²) >= 11 is 0. The lowest BCUT2D eigenvalue weighted by atomic mass is 9.58. The van der Waals surface area contributed by atoms with Gasteiger partial charge in [0.15, 0.2) is 0 Å². The molecule has 6 heteroatoms. The standard InChI is InChI=1S/C17H30O6/c1-12(2)14(18)20-22-23-21-15(19)17(5,6)16(3,4)13-10-8-7-9-11-13/h12-13H,7-11H2,1-6H3. The molecule has 0 atom stereocenters. The Hall–Kier alpha value is -1.14. The van der Waals surface area contributed by atoms with E-state index in [4.69, 9.17) is 0 Å². The van der Waals surface area contributed by atoms with E-state index in [-0.39, 0.29) is 11.3 Å². The third-order valence-corrected chi connectivity index (χ3v) is 5.47. The van der Waals surface area contributed by atoms with Crippen LogP contribution in [0.5, 0.6) is 0 Å². The van der Waals surface area contributed by atoms with Crippen molar-refractivity contribution in [2.24, 2.45) is 22.7 Å². The van der Waals surface area contributed by atoms with E-state index < -0.39 is 17.4 Å². The van der Waals surface area contributed by atoms with Crippen LogP contribution in [0, 0.1) is 22.7 Å². The van der Waals surface area contributed by atoms with Gasteiger partial charge < -0.3 is 0 Å². The lowest BCUT2D eigenvalue weighted by Gasteiger charge is -2.46. The van der Waals surface area contributed by atoms with Gasteiger partial charge in [-0.05, 0) is 38.0 Å². The maximum atomic E-state index is 12.4. The molecule has 0 heterocycles. The lowest BCUT2D eigenvalue weighted by Crippen LogP contribution is -2.46. The Labute approximate surface area is 138 Å². The normalized spacial score (nSPS) is 17.2. The largest absolute Gasteiger partial charge is 0.351 e. The lowest BCUT2D eigenvalue weighted by molar-refractivity contribution is -0.602. The molecule has 0 aliphatic heterocycles. The molecule has 1 fully saturated rings. The molecule has 1 aliphatic carbocycles. The van der Waals surface area contributed by atoms with E-state index >= 15 is 0 Å². The minimum Gasteiger partial charge on any atom is -0.266 e. The van der Waals surface area contributed by atoms with Crippen molar-refractivity contribution in [3.05, 3.63) is 0 Å². The molecular weight excluding hydrogens is 300 g/mol. The summed E-state index contributed by atoms with van der Waals surface area (Å²) in [5, 5.41) is 8.48. The predicted molar refractivity (Wildman–Crippen MR) is 83.3 cm³/mol. The van der Waals surface area contributed by atoms with E-state index in [9.17, 15) is 9.59 Å². The van der Waals surface area contributed by atoms with Crippen LogP contribution < -0.4 is 0 Å². The fourth-order valence-electron chi connectivity index (χ4n) is 2.89. The van der Waals surface area contributed by atoms with Gasteiger partial charge in [-0.3, -0.25) is 9.78 Å². The van der Waals surface area contributed by atoms with Gasteiger partial charge in [0.25, 0.3) is 0 Å². The van der Waals surface area contributed by atoms with E-state index in [1.54, 1.807) is 13.8 Å². The molecule has 0 aromatic carbocycles. The second kappa shape index (κ2) is 8.11. The molecule has 0 aromatic heterocycles. The van der Waals surface area contributed by atoms with E-state index in [0.29, 0.717) is 5.92 Å². The zero-order valence-electron chi connectivity index (χ0n) is 15.1. The minimum atomic E-state index is -0.763. The van der Waals surface area contributed by atoms with Gasteiger partial charge in [0.1, 0.15) is 0 Å². The zero-order valence-corrected chi connectivity index (χ0v) is 15.1. The summed E-state index contributed by atoms with van der Waals surface area (Å²) in [6.07, 6.45) is 5.89. The van der Waals surface area contributed by atoms with Crippen molar-refractivity contribution in [1.82, 2.24) is 0 Å². The molecule has 0 spiro atoms. The summed E-state index contributed by atoms with van der Waals surface area (Å²) in [4.78, 5) is 32.6. The molecule has 0 aromatic rings. The third kappa shape index (κ3) is 4.91. The number of hydrogen-bond donors (Lipinski definition) is 0. The number of hydrogen-bond acceptors (Lipinski definition) is 6. The second-order valence-electron chi connectivity index (χ2n) is 7.75. The van der Waals surface area contributed by atoms with E-state index in [0.717, 1.165) is 12.8 Å². The molecule has 1 aliphatic rings. The fraction of sp³-hybridized carbons (Fsp3) is 0.882. The molecule has 0 amide bonds. The maximum Gasteiger partial charge on any atom is 0.351 e. The molecule has 1 saturated carbocycles. The van der Waals surface area contributed by atoms with Crippen molar-refractivity contribution in [3.63, 3.8) is 0 Å². The Bertz CT molecular complexity index is 407. The molecule has 1 rings (SSSR count). The summed E-state index contributed by atoms with van der Waals surface area (Å²) < 4.78 is 0. The Morgan fingerprint density at radius 3 is 1.96 bits per heavy atom. The van der Waals surface area contributed by atoms with Crippen LogP contribution in [0.2, 0.25) is 0 Å². The van der Waals surface area contributed by atoms with Crippen LogP contribution in [0.15, 0.2) is 0 Å². The molecular formula is C17H30O6. The summed E-state index contributed by atoms with van der Waals surface area (Å²) in [6, 6.07) is 0. The van der Waals surface area contributed by atoms with Gasteiger partial charge in [-0.25, -0.2) is 9.59 Å². The van der Waals surface area contributed by atoms with Gasteiger partial charge in [0, 0.05) is 10.1 Å². The molecule has 23 heavy (non-hydrogen) atoms. The van der Waals surface area contributed by atoms with Gasteiger partial charge in [-0.1, -0.05) is 47.0 Å². The van der Waals surface area contributed by atoms with Crippen molar-refractivity contribution in [2.45, 2.75) is 73.6 Å². The first-order valence-electron chi connectivity index (χ1n) is 8.37. The minimum absolute atomic E-state index is 0.248. The average Bonchev–Trinajstić information content (AvgIpc) is 2.51. The smallest absolute Gasteiger partial charge is 0.266 e. The highest BCUT2D eigenvalue weighted by Gasteiger charge is 2.49. The Morgan fingerprint density at radius 1 is 0.913 bits per heavy atom. The average molecular weight is 330 g/mol. The van der Waals surface area contributed by atoms with Crippen molar-refractivity contribution >= 4 is 11.9 Å². The molecule has 134 valence electrons. The van der Waals surface area contributed by atoms with Crippen LogP contribution in [0.25, 0.3) is 0 Å². The highest BCUT2D eigenvalue weighted by atomic mass is 17.7. The van der Waals surface area contributed by atoms with Crippen LogP contribution in [0.4, 0.5) is 0 Å². The Kier molecular flexibility index (Phi) is 7.02. The second-order valence-corrected chi connectivity index (χ2v) is 7.75. The summed E-state index contributed by atoms with van der Waals surface area (Å²) in [5.74, 6) is -1.06. The van der Waals surface area contributed by atoms with Crippen molar-refractivity contribution in [3.8, 4) is 0 Å². The van der Waals surface area contributed by atoms with E-state index in [1.165, 1.54) is 19.3 Å². The van der Waals surface area contributed by atoms with E-state index in [2.05, 4.69) is 33.7 Å². The van der Waals surface area contributed by atoms with Crippen LogP contribution in [0.1, 0.15) is 73.6 Å². The highest BCUT2D eigenvalue weighted by Crippen LogP contribution is 2.50. The maximum absolute atomic E-state index is 12.4. The Balaban J connectivity index is 2.53. The van der Waals surface area contributed by atoms with Gasteiger partial charge in [-0.15, -0.1) is 0 Å². The van der Waals surface area contributed by atoms with Gasteiger partial charge >= 0.3 is 11.9 Å². The first-order valence-corrected chi connectivity index (χ1v) is 8.37. The van der Waals surface area contributed by atoms with Crippen molar-refractivity contribution < 1.29 is 29.4 Å². The molecule has 6 nitrogen and oxygen atoms in total. The molecule has 0 radical (unpaired) electrons. The highest BCUT2D eigenvalue weighted by molar-refractivity contribution is 5.76. The molecule has 0 saturated heterocycles. The van der Waals surface area contributed by atoms with Crippen LogP contribution >= 0.6 is 0 Å². The first kappa shape index (κ1) is 19.9. The summed E-state index contributed by atoms with van der Waals surface area (Å²) in [7, 11) is 0. The van der Waals surface area contributed by atoms with Gasteiger partial charge in [0.05, 0.1) is 11.3 Å². The number of carbonyl (C=O) groups is 2. The van der Waals surface area contributed by atoms with Crippen molar-refractivity contribution in [2.75, 3.05) is 0 Å². The third-order valence-electron chi connectivity index (χ3n) is 5.47. The zero-order chi connectivity index (χ0) is 17.7. The molecule has 0 N–H and O–H groups in total. The topological polar surface area (TPSA) is 71.1 Å². The van der Waals surface area contributed by atoms with Crippen LogP contribution in [-0.4, -0.2) is 11.9 Å². The Morgan fingerprint density at radius 2 is 1.43 bits per heavy atom. The number of rotatable bonds is 7. The molecule has 0 bridgehead atoms. The number of carbonyl (C=O) groups excluding carboxylic acids is 2. The quantitative estimate of drug-likeness (QED) is 0.397. The van der Waals surface area contributed by atoms with Crippen molar-refractivity contribution in [1.29, 1.82) is 0 Å². The van der Waals surface area contributed by atoms with E-state index in [1.807, 2.05) is 13.8 Å². The van der Waals surface area contributed by atoms with Crippen LogP contribution in [0.3, 0.4) is 0 Å². The molecule has 0 unspecified atom stereocenters. The van der Waals surface area contributed by atoms with Crippen LogP contribution in [-0.2, 0) is 29.4 Å².